The van der Waals surface area contributed by atoms with E-state index < -0.39 is 0 Å². The second-order valence-electron chi connectivity index (χ2n) is 1.98. The van der Waals surface area contributed by atoms with Gasteiger partial charge in [-0.15, -0.1) is 0 Å². The zero-order chi connectivity index (χ0) is 7.11. The monoisotopic (exact) mass is 127 g/mol. The first-order valence-electron chi connectivity index (χ1n) is 2.99. The summed E-state index contributed by atoms with van der Waals surface area (Å²) in [7, 11) is 0. The molecule has 0 bridgehead atoms. The Kier molecular flexibility index (Phi) is 4.92. The molecule has 0 atom stereocenters. The van der Waals surface area contributed by atoms with Crippen molar-refractivity contribution in [3.05, 3.63) is 24.5 Å². The van der Waals surface area contributed by atoms with Gasteiger partial charge in [0.25, 0.3) is 0 Å². The first-order valence-corrected chi connectivity index (χ1v) is 2.99. The lowest BCUT2D eigenvalue weighted by atomic mass is 10.5. The minimum atomic E-state index is -0.167. The van der Waals surface area contributed by atoms with Gasteiger partial charge in [0.05, 0.1) is 0 Å². The average Bonchev–Trinajstić information content (AvgIpc) is 2.11. The first kappa shape index (κ1) is 8.24. The molecule has 2 nitrogen and oxygen atoms in total. The van der Waals surface area contributed by atoms with E-state index >= 15 is 0 Å². The van der Waals surface area contributed by atoms with Crippen LogP contribution >= 0.6 is 0 Å². The van der Waals surface area contributed by atoms with Crippen molar-refractivity contribution < 1.29 is 5.11 Å². The maximum Gasteiger partial charge on any atom is 0.0483 e. The molecule has 0 amide bonds. The fourth-order valence-corrected chi connectivity index (χ4v) is 0.278. The summed E-state index contributed by atoms with van der Waals surface area (Å²) < 4.78 is 0. The predicted molar refractivity (Wildman–Crippen MR) is 38.1 cm³/mol. The van der Waals surface area contributed by atoms with Crippen LogP contribution in [0.1, 0.15) is 13.8 Å². The summed E-state index contributed by atoms with van der Waals surface area (Å²) in [5.74, 6) is 0. The summed E-state index contributed by atoms with van der Waals surface area (Å²) in [4.78, 5) is 2.86. The average molecular weight is 127 g/mol. The number of hydrogen-bond donors (Lipinski definition) is 2. The van der Waals surface area contributed by atoms with Gasteiger partial charge < -0.3 is 10.1 Å². The zero-order valence-corrected chi connectivity index (χ0v) is 5.83. The minimum absolute atomic E-state index is 0.167. The van der Waals surface area contributed by atoms with Crippen molar-refractivity contribution in [2.24, 2.45) is 0 Å². The highest BCUT2D eigenvalue weighted by molar-refractivity contribution is 4.84. The molecular weight excluding hydrogens is 114 g/mol. The third-order valence-electron chi connectivity index (χ3n) is 0.496. The molecule has 0 aliphatic rings. The van der Waals surface area contributed by atoms with Gasteiger partial charge in [-0.2, -0.15) is 0 Å². The van der Waals surface area contributed by atoms with Crippen LogP contribution < -0.4 is 0 Å². The largest absolute Gasteiger partial charge is 0.394 e. The molecule has 0 aliphatic heterocycles. The summed E-state index contributed by atoms with van der Waals surface area (Å²) >= 11 is 0. The topological polar surface area (TPSA) is 36.0 Å². The van der Waals surface area contributed by atoms with Crippen molar-refractivity contribution in [3.63, 3.8) is 0 Å². The molecule has 0 aliphatic carbocycles. The SMILES string of the molecule is CC(C)O.c1cc[nH]c1. The van der Waals surface area contributed by atoms with Crippen molar-refractivity contribution in [1.29, 1.82) is 0 Å². The van der Waals surface area contributed by atoms with Gasteiger partial charge >= 0.3 is 0 Å². The van der Waals surface area contributed by atoms with E-state index in [0.717, 1.165) is 0 Å². The van der Waals surface area contributed by atoms with E-state index in [1.54, 1.807) is 13.8 Å². The lowest BCUT2D eigenvalue weighted by Gasteiger charge is -1.80. The first-order chi connectivity index (χ1) is 4.23. The minimum Gasteiger partial charge on any atom is -0.394 e. The lowest BCUT2D eigenvalue weighted by Crippen LogP contribution is -1.85. The fraction of sp³-hybridized carbons (Fsp3) is 0.429. The molecule has 1 aromatic rings. The Morgan fingerprint density at radius 1 is 1.22 bits per heavy atom. The number of aromatic nitrogens is 1. The van der Waals surface area contributed by atoms with Gasteiger partial charge in [0.1, 0.15) is 0 Å². The number of aliphatic hydroxyl groups excluding tert-OH is 1. The van der Waals surface area contributed by atoms with Crippen LogP contribution in [0.2, 0.25) is 0 Å². The Labute approximate surface area is 55.5 Å². The van der Waals surface area contributed by atoms with Crippen LogP contribution in [0.25, 0.3) is 0 Å². The molecule has 2 heteroatoms. The van der Waals surface area contributed by atoms with E-state index in [1.807, 2.05) is 24.5 Å². The van der Waals surface area contributed by atoms with Gasteiger partial charge in [-0.3, -0.25) is 0 Å². The highest BCUT2D eigenvalue weighted by Gasteiger charge is 1.69. The lowest BCUT2D eigenvalue weighted by molar-refractivity contribution is 0.216. The third-order valence-corrected chi connectivity index (χ3v) is 0.496. The van der Waals surface area contributed by atoms with E-state index in [2.05, 4.69) is 4.98 Å². The van der Waals surface area contributed by atoms with E-state index in [9.17, 15) is 0 Å². The summed E-state index contributed by atoms with van der Waals surface area (Å²) in [6.45, 7) is 3.44. The van der Waals surface area contributed by atoms with Crippen LogP contribution in [0, 0.1) is 0 Å². The number of nitrogens with one attached hydrogen (secondary N) is 1. The molecule has 1 aromatic heterocycles. The van der Waals surface area contributed by atoms with Crippen molar-refractivity contribution in [3.8, 4) is 0 Å². The smallest absolute Gasteiger partial charge is 0.0483 e. The standard InChI is InChI=1S/C4H5N.C3H8O/c1-2-4-5-3-1;1-3(2)4/h1-5H;3-4H,1-2H3. The van der Waals surface area contributed by atoms with Crippen LogP contribution in [0.4, 0.5) is 0 Å². The van der Waals surface area contributed by atoms with E-state index in [1.165, 1.54) is 0 Å². The summed E-state index contributed by atoms with van der Waals surface area (Å²) in [5, 5.41) is 8.06. The molecule has 0 saturated heterocycles. The predicted octanol–water partition coefficient (Wildman–Crippen LogP) is 1.40. The van der Waals surface area contributed by atoms with Crippen molar-refractivity contribution in [2.75, 3.05) is 0 Å². The Balaban J connectivity index is 0.000000148. The van der Waals surface area contributed by atoms with Gasteiger partial charge in [-0.25, -0.2) is 0 Å². The normalized spacial score (nSPS) is 8.44. The van der Waals surface area contributed by atoms with Crippen LogP contribution in [-0.4, -0.2) is 16.2 Å². The second-order valence-corrected chi connectivity index (χ2v) is 1.98. The Hall–Kier alpha value is -0.760. The molecule has 0 unspecified atom stereocenters. The quantitative estimate of drug-likeness (QED) is 0.543. The number of hydrogen-bond acceptors (Lipinski definition) is 1. The van der Waals surface area contributed by atoms with Crippen molar-refractivity contribution in [1.82, 2.24) is 4.98 Å². The van der Waals surface area contributed by atoms with Crippen LogP contribution in [-0.2, 0) is 0 Å². The molecule has 9 heavy (non-hydrogen) atoms. The molecule has 0 aromatic carbocycles. The van der Waals surface area contributed by atoms with Gasteiger partial charge in [0.2, 0.25) is 0 Å². The van der Waals surface area contributed by atoms with Crippen LogP contribution in [0.15, 0.2) is 24.5 Å². The van der Waals surface area contributed by atoms with E-state index in [0.29, 0.717) is 0 Å². The Morgan fingerprint density at radius 2 is 1.56 bits per heavy atom. The highest BCUT2D eigenvalue weighted by Crippen LogP contribution is 1.72. The van der Waals surface area contributed by atoms with Crippen LogP contribution in [0.5, 0.6) is 0 Å². The van der Waals surface area contributed by atoms with Crippen LogP contribution in [0.3, 0.4) is 0 Å². The summed E-state index contributed by atoms with van der Waals surface area (Å²) in [6.07, 6.45) is 3.58. The maximum atomic E-state index is 8.06. The molecule has 0 spiro atoms. The number of aromatic amines is 1. The zero-order valence-electron chi connectivity index (χ0n) is 5.83. The fourth-order valence-electron chi connectivity index (χ4n) is 0.278. The molecule has 2 N–H and O–H groups in total. The molecule has 0 radical (unpaired) electrons. The van der Waals surface area contributed by atoms with Crippen molar-refractivity contribution in [2.45, 2.75) is 20.0 Å². The Morgan fingerprint density at radius 3 is 1.67 bits per heavy atom. The number of aliphatic hydroxyl groups is 1. The summed E-state index contributed by atoms with van der Waals surface area (Å²) in [5.41, 5.74) is 0. The third kappa shape index (κ3) is 11.1. The van der Waals surface area contributed by atoms with Gasteiger partial charge in [-0.1, -0.05) is 0 Å². The van der Waals surface area contributed by atoms with Gasteiger partial charge in [0, 0.05) is 18.5 Å². The number of rotatable bonds is 0. The molecular formula is C7H13NO. The maximum absolute atomic E-state index is 8.06. The molecule has 1 rings (SSSR count). The number of H-pyrrole nitrogens is 1. The molecule has 1 heterocycles. The van der Waals surface area contributed by atoms with Gasteiger partial charge in [0.15, 0.2) is 0 Å². The van der Waals surface area contributed by atoms with Gasteiger partial charge in [-0.05, 0) is 26.0 Å². The highest BCUT2D eigenvalue weighted by atomic mass is 16.3. The molecule has 0 saturated carbocycles. The molecule has 52 valence electrons. The second kappa shape index (κ2) is 5.38. The Bertz CT molecular complexity index is 92.5. The molecule has 0 fully saturated rings. The van der Waals surface area contributed by atoms with E-state index in [4.69, 9.17) is 5.11 Å². The summed E-state index contributed by atoms with van der Waals surface area (Å²) in [6, 6.07) is 3.89. The van der Waals surface area contributed by atoms with Crippen molar-refractivity contribution >= 4 is 0 Å². The van der Waals surface area contributed by atoms with E-state index in [-0.39, 0.29) is 6.10 Å².